The van der Waals surface area contributed by atoms with Crippen LogP contribution < -0.4 is 0 Å². The predicted octanol–water partition coefficient (Wildman–Crippen LogP) is 4.17. The van der Waals surface area contributed by atoms with Crippen LogP contribution in [0.5, 0.6) is 0 Å². The van der Waals surface area contributed by atoms with Crippen molar-refractivity contribution in [1.29, 1.82) is 0 Å². The molecule has 14 nitrogen and oxygen atoms in total. The van der Waals surface area contributed by atoms with Crippen molar-refractivity contribution in [3.63, 3.8) is 0 Å². The third-order valence-corrected chi connectivity index (χ3v) is 10.4. The summed E-state index contributed by atoms with van der Waals surface area (Å²) in [5.74, 6) is -5.35. The molecule has 0 aromatic heterocycles. The Balaban J connectivity index is 1.08. The molecule has 6 unspecified atom stereocenters. The molecule has 268 valence electrons. The van der Waals surface area contributed by atoms with Gasteiger partial charge in [0.05, 0.1) is 62.0 Å². The molecule has 0 bridgehead atoms. The highest BCUT2D eigenvalue weighted by Gasteiger charge is 2.45. The molecule has 4 aliphatic carbocycles. The summed E-state index contributed by atoms with van der Waals surface area (Å²) in [4.78, 5) is 57.9. The van der Waals surface area contributed by atoms with Crippen molar-refractivity contribution >= 4 is 17.9 Å². The minimum Gasteiger partial charge on any atom is -0.481 e. The molecule has 0 aromatic carbocycles. The molecule has 4 saturated carbocycles. The van der Waals surface area contributed by atoms with Gasteiger partial charge in [0.25, 0.3) is 0 Å². The van der Waals surface area contributed by atoms with Gasteiger partial charge in [0, 0.05) is 29.1 Å². The first-order valence-corrected chi connectivity index (χ1v) is 17.3. The van der Waals surface area contributed by atoms with Crippen molar-refractivity contribution in [3.8, 4) is 0 Å². The minimum atomic E-state index is -1.12. The average Bonchev–Trinajstić information content (AvgIpc) is 3.03. The number of nitro groups is 1. The summed E-state index contributed by atoms with van der Waals surface area (Å²) in [6.07, 6.45) is 6.48. The molecule has 0 radical (unpaired) electrons. The maximum Gasteiger partial charge on any atom is 0.310 e. The first-order valence-electron chi connectivity index (χ1n) is 17.3. The molecule has 4 rings (SSSR count). The molecule has 0 saturated heterocycles. The zero-order valence-electron chi connectivity index (χ0n) is 27.7. The fourth-order valence-electron chi connectivity index (χ4n) is 7.46. The van der Waals surface area contributed by atoms with Gasteiger partial charge in [0.15, 0.2) is 0 Å². The molecule has 14 heteroatoms. The first-order chi connectivity index (χ1) is 22.3. The van der Waals surface area contributed by atoms with Crippen LogP contribution in [0.3, 0.4) is 0 Å². The van der Waals surface area contributed by atoms with E-state index >= 15 is 0 Å². The normalized spacial score (nSPS) is 35.1. The molecule has 47 heavy (non-hydrogen) atoms. The van der Waals surface area contributed by atoms with Gasteiger partial charge in [0.2, 0.25) is 6.04 Å². The van der Waals surface area contributed by atoms with Gasteiger partial charge in [-0.1, -0.05) is 13.8 Å². The van der Waals surface area contributed by atoms with E-state index in [1.54, 1.807) is 0 Å². The molecule has 3 N–H and O–H groups in total. The van der Waals surface area contributed by atoms with E-state index < -0.39 is 52.7 Å². The Kier molecular flexibility index (Phi) is 13.8. The highest BCUT2D eigenvalue weighted by molar-refractivity contribution is 5.81. The molecule has 4 aliphatic rings. The van der Waals surface area contributed by atoms with Crippen LogP contribution in [0.1, 0.15) is 104 Å². The predicted molar refractivity (Wildman–Crippen MR) is 165 cm³/mol. The van der Waals surface area contributed by atoms with Crippen LogP contribution in [0, 0.1) is 39.2 Å². The summed E-state index contributed by atoms with van der Waals surface area (Å²) in [7, 11) is 0. The number of rotatable bonds is 15. The third kappa shape index (κ3) is 11.3. The lowest BCUT2D eigenvalue weighted by Gasteiger charge is -2.35. The SMILES string of the molecule is CC(C)(COC1CCC(OOCC2CC(O)CCC2C(=O)O)CC1)COC1CCC(OC(=O)C2CC([N+](=O)[O-])CCC2C(=O)O)CC1. The Morgan fingerprint density at radius 2 is 1.26 bits per heavy atom. The van der Waals surface area contributed by atoms with Crippen LogP contribution in [0.4, 0.5) is 0 Å². The number of carboxylic acid groups (broad SMARTS) is 2. The summed E-state index contributed by atoms with van der Waals surface area (Å²) >= 11 is 0. The number of carbonyl (C=O) groups excluding carboxylic acids is 1. The lowest BCUT2D eigenvalue weighted by atomic mass is 9.77. The van der Waals surface area contributed by atoms with Crippen molar-refractivity contribution < 1.29 is 58.6 Å². The van der Waals surface area contributed by atoms with E-state index in [0.29, 0.717) is 58.2 Å². The second kappa shape index (κ2) is 17.3. The van der Waals surface area contributed by atoms with Gasteiger partial charge >= 0.3 is 17.9 Å². The molecular weight excluding hydrogens is 618 g/mol. The zero-order chi connectivity index (χ0) is 34.1. The summed E-state index contributed by atoms with van der Waals surface area (Å²) in [6, 6.07) is -0.923. The lowest BCUT2D eigenvalue weighted by Crippen LogP contribution is -2.42. The van der Waals surface area contributed by atoms with E-state index in [9.17, 15) is 39.8 Å². The van der Waals surface area contributed by atoms with Crippen LogP contribution >= 0.6 is 0 Å². The number of esters is 1. The van der Waals surface area contributed by atoms with Crippen molar-refractivity contribution in [1.82, 2.24) is 0 Å². The standard InChI is InChI=1S/C33H53NO13/c1-33(2,19-44-24-7-11-26(12-8-24)47-45-17-20-15-22(35)4-14-27(20)30(36)37)18-43-23-5-9-25(10-6-23)46-32(40)29-16-21(34(41)42)3-13-28(29)31(38)39/h20-29,35H,3-19H2,1-2H3,(H,36,37)(H,38,39). The molecule has 0 aromatic rings. The van der Waals surface area contributed by atoms with Gasteiger partial charge in [0.1, 0.15) is 6.10 Å². The fraction of sp³-hybridized carbons (Fsp3) is 0.909. The topological polar surface area (TPSA) is 201 Å². The number of hydrogen-bond donors (Lipinski definition) is 3. The third-order valence-electron chi connectivity index (χ3n) is 10.4. The number of carboxylic acids is 2. The Morgan fingerprint density at radius 3 is 1.81 bits per heavy atom. The quantitative estimate of drug-likeness (QED) is 0.0970. The van der Waals surface area contributed by atoms with E-state index in [2.05, 4.69) is 13.8 Å². The first kappa shape index (κ1) is 37.4. The molecule has 0 spiro atoms. The number of aliphatic hydroxyl groups is 1. The monoisotopic (exact) mass is 671 g/mol. The Bertz CT molecular complexity index is 1050. The minimum absolute atomic E-state index is 0.0137. The van der Waals surface area contributed by atoms with E-state index in [0.717, 1.165) is 25.7 Å². The molecule has 0 heterocycles. The number of ether oxygens (including phenoxy) is 3. The molecule has 6 atom stereocenters. The summed E-state index contributed by atoms with van der Waals surface area (Å²) < 4.78 is 18.1. The van der Waals surface area contributed by atoms with Crippen LogP contribution in [0.15, 0.2) is 0 Å². The van der Waals surface area contributed by atoms with Gasteiger partial charge in [-0.15, -0.1) is 0 Å². The second-order valence-electron chi connectivity index (χ2n) is 14.9. The molecule has 0 amide bonds. The Morgan fingerprint density at radius 1 is 0.723 bits per heavy atom. The highest BCUT2D eigenvalue weighted by Crippen LogP contribution is 2.35. The zero-order valence-corrected chi connectivity index (χ0v) is 27.7. The van der Waals surface area contributed by atoms with E-state index in [1.165, 1.54) is 0 Å². The van der Waals surface area contributed by atoms with Gasteiger partial charge in [-0.25, -0.2) is 9.78 Å². The van der Waals surface area contributed by atoms with Crippen LogP contribution in [0.25, 0.3) is 0 Å². The number of aliphatic carboxylic acids is 2. The summed E-state index contributed by atoms with van der Waals surface area (Å²) in [5, 5.41) is 40.1. The molecule has 4 fully saturated rings. The maximum absolute atomic E-state index is 12.9. The van der Waals surface area contributed by atoms with E-state index in [-0.39, 0.29) is 61.6 Å². The van der Waals surface area contributed by atoms with Gasteiger partial charge in [-0.3, -0.25) is 24.5 Å². The molecular formula is C33H53NO13. The van der Waals surface area contributed by atoms with E-state index in [1.807, 2.05) is 0 Å². The van der Waals surface area contributed by atoms with Crippen molar-refractivity contribution in [2.75, 3.05) is 19.8 Å². The number of aliphatic hydroxyl groups excluding tert-OH is 1. The van der Waals surface area contributed by atoms with Crippen LogP contribution in [0.2, 0.25) is 0 Å². The summed E-state index contributed by atoms with van der Waals surface area (Å²) in [6.45, 7) is 5.38. The van der Waals surface area contributed by atoms with Gasteiger partial charge in [-0.2, -0.15) is 0 Å². The van der Waals surface area contributed by atoms with E-state index in [4.69, 9.17) is 24.0 Å². The van der Waals surface area contributed by atoms with Gasteiger partial charge in [-0.05, 0) is 77.0 Å². The number of hydrogen-bond acceptors (Lipinski definition) is 11. The van der Waals surface area contributed by atoms with Crippen LogP contribution in [-0.2, 0) is 38.4 Å². The Hall–Kier alpha value is -2.39. The van der Waals surface area contributed by atoms with Crippen molar-refractivity contribution in [3.05, 3.63) is 10.1 Å². The molecule has 0 aliphatic heterocycles. The van der Waals surface area contributed by atoms with Gasteiger partial charge < -0.3 is 29.5 Å². The number of carbonyl (C=O) groups is 3. The lowest BCUT2D eigenvalue weighted by molar-refractivity contribution is -0.528. The number of nitrogens with zero attached hydrogens (tertiary/aromatic N) is 1. The summed E-state index contributed by atoms with van der Waals surface area (Å²) in [5.41, 5.74) is -0.217. The van der Waals surface area contributed by atoms with Crippen molar-refractivity contribution in [2.45, 2.75) is 140 Å². The largest absolute Gasteiger partial charge is 0.481 e. The highest BCUT2D eigenvalue weighted by atomic mass is 17.2. The maximum atomic E-state index is 12.9. The smallest absolute Gasteiger partial charge is 0.310 e. The Labute approximate surface area is 275 Å². The van der Waals surface area contributed by atoms with Crippen molar-refractivity contribution in [2.24, 2.45) is 29.1 Å². The van der Waals surface area contributed by atoms with Crippen LogP contribution in [-0.4, -0.2) is 94.5 Å². The fourth-order valence-corrected chi connectivity index (χ4v) is 7.46. The average molecular weight is 672 g/mol. The second-order valence-corrected chi connectivity index (χ2v) is 14.9.